The molecular formula is C27H34N2O5. The molecule has 0 radical (unpaired) electrons. The fourth-order valence-corrected chi connectivity index (χ4v) is 4.32. The van der Waals surface area contributed by atoms with Crippen LogP contribution in [-0.2, 0) is 16.0 Å². The van der Waals surface area contributed by atoms with Crippen molar-refractivity contribution in [2.24, 2.45) is 0 Å². The minimum Gasteiger partial charge on any atom is -0.507 e. The van der Waals surface area contributed by atoms with E-state index in [0.29, 0.717) is 30.2 Å². The Labute approximate surface area is 201 Å². The number of likely N-dealkylation sites (tertiary alicyclic amines) is 1. The number of aryl methyl sites for hydroxylation is 1. The van der Waals surface area contributed by atoms with Gasteiger partial charge in [0.15, 0.2) is 11.5 Å². The lowest BCUT2D eigenvalue weighted by Crippen LogP contribution is -2.38. The zero-order valence-electron chi connectivity index (χ0n) is 20.6. The molecule has 1 amide bonds. The van der Waals surface area contributed by atoms with E-state index in [1.165, 1.54) is 14.2 Å². The van der Waals surface area contributed by atoms with Gasteiger partial charge < -0.3 is 24.4 Å². The van der Waals surface area contributed by atoms with Crippen molar-refractivity contribution in [1.82, 2.24) is 9.80 Å². The number of nitrogens with zero attached hydrogens (tertiary/aromatic N) is 2. The van der Waals surface area contributed by atoms with E-state index in [1.807, 2.05) is 24.3 Å². The average Bonchev–Trinajstić information content (AvgIpc) is 3.13. The number of carbonyl (C=O) groups is 2. The molecule has 182 valence electrons. The topological polar surface area (TPSA) is 79.3 Å². The lowest BCUT2D eigenvalue weighted by Gasteiger charge is -2.28. The van der Waals surface area contributed by atoms with Gasteiger partial charge in [-0.15, -0.1) is 0 Å². The van der Waals surface area contributed by atoms with Gasteiger partial charge in [-0.1, -0.05) is 45.0 Å². The molecule has 1 aliphatic rings. The Morgan fingerprint density at radius 3 is 2.18 bits per heavy atom. The van der Waals surface area contributed by atoms with Gasteiger partial charge in [-0.2, -0.15) is 0 Å². The van der Waals surface area contributed by atoms with E-state index in [-0.39, 0.29) is 11.3 Å². The molecular weight excluding hydrogens is 432 g/mol. The van der Waals surface area contributed by atoms with Gasteiger partial charge in [-0.3, -0.25) is 9.59 Å². The van der Waals surface area contributed by atoms with Gasteiger partial charge in [0.05, 0.1) is 25.8 Å². The summed E-state index contributed by atoms with van der Waals surface area (Å²) in [5.41, 5.74) is 2.41. The molecule has 2 aromatic carbocycles. The van der Waals surface area contributed by atoms with Crippen molar-refractivity contribution in [3.05, 3.63) is 64.7 Å². The molecule has 0 aliphatic carbocycles. The van der Waals surface area contributed by atoms with E-state index in [1.54, 1.807) is 23.1 Å². The number of rotatable bonds is 10. The molecule has 1 fully saturated rings. The quantitative estimate of drug-likeness (QED) is 0.324. The molecule has 0 saturated carbocycles. The fourth-order valence-electron chi connectivity index (χ4n) is 4.32. The minimum atomic E-state index is -0.684. The van der Waals surface area contributed by atoms with E-state index in [2.05, 4.69) is 25.7 Å². The van der Waals surface area contributed by atoms with Crippen molar-refractivity contribution in [2.45, 2.75) is 33.2 Å². The summed E-state index contributed by atoms with van der Waals surface area (Å²) < 4.78 is 10.6. The monoisotopic (exact) mass is 466 g/mol. The second-order valence-corrected chi connectivity index (χ2v) is 8.18. The first-order chi connectivity index (χ1) is 16.4. The van der Waals surface area contributed by atoms with Crippen LogP contribution in [0.15, 0.2) is 48.0 Å². The highest BCUT2D eigenvalue weighted by atomic mass is 16.5. The number of amides is 1. The third-order valence-corrected chi connectivity index (χ3v) is 6.45. The van der Waals surface area contributed by atoms with Crippen LogP contribution < -0.4 is 9.47 Å². The zero-order valence-corrected chi connectivity index (χ0v) is 20.6. The number of methoxy groups -OCH3 is 2. The average molecular weight is 467 g/mol. The molecule has 3 rings (SSSR count). The van der Waals surface area contributed by atoms with Crippen molar-refractivity contribution in [3.8, 4) is 11.5 Å². The summed E-state index contributed by atoms with van der Waals surface area (Å²) >= 11 is 0. The summed E-state index contributed by atoms with van der Waals surface area (Å²) in [6.07, 6.45) is 0.883. The number of ether oxygens (including phenoxy) is 2. The summed E-state index contributed by atoms with van der Waals surface area (Å²) in [5.74, 6) is -0.582. The van der Waals surface area contributed by atoms with Gasteiger partial charge in [0.25, 0.3) is 11.7 Å². The highest BCUT2D eigenvalue weighted by Gasteiger charge is 2.46. The van der Waals surface area contributed by atoms with Crippen LogP contribution in [0.4, 0.5) is 0 Å². The molecule has 1 heterocycles. The second kappa shape index (κ2) is 11.2. The third-order valence-electron chi connectivity index (χ3n) is 6.45. The van der Waals surface area contributed by atoms with Gasteiger partial charge in [-0.25, -0.2) is 0 Å². The predicted octanol–water partition coefficient (Wildman–Crippen LogP) is 4.03. The lowest BCUT2D eigenvalue weighted by molar-refractivity contribution is -0.140. The summed E-state index contributed by atoms with van der Waals surface area (Å²) in [6.45, 7) is 8.92. The highest BCUT2D eigenvalue weighted by Crippen LogP contribution is 2.40. The van der Waals surface area contributed by atoms with Crippen LogP contribution in [0.3, 0.4) is 0 Å². The molecule has 1 atom stereocenters. The maximum atomic E-state index is 13.2. The summed E-state index contributed by atoms with van der Waals surface area (Å²) in [5, 5.41) is 11.3. The normalized spacial score (nSPS) is 17.5. The van der Waals surface area contributed by atoms with Crippen LogP contribution >= 0.6 is 0 Å². The van der Waals surface area contributed by atoms with Crippen molar-refractivity contribution in [1.29, 1.82) is 0 Å². The Bertz CT molecular complexity index is 1060. The van der Waals surface area contributed by atoms with Crippen LogP contribution in [0.25, 0.3) is 5.76 Å². The Kier molecular flexibility index (Phi) is 8.34. The maximum absolute atomic E-state index is 13.2. The third kappa shape index (κ3) is 4.94. The number of aliphatic hydroxyl groups is 1. The van der Waals surface area contributed by atoms with Crippen molar-refractivity contribution in [2.75, 3.05) is 40.4 Å². The van der Waals surface area contributed by atoms with E-state index in [4.69, 9.17) is 9.47 Å². The van der Waals surface area contributed by atoms with E-state index in [0.717, 1.165) is 30.6 Å². The number of hydrogen-bond donors (Lipinski definition) is 1. The van der Waals surface area contributed by atoms with Crippen LogP contribution in [-0.4, -0.2) is 67.0 Å². The standard InChI is InChI=1S/C27H34N2O5/c1-6-18-9-11-19(12-10-18)24-23(25(30)20-13-14-21(33-4)22(17-20)34-5)26(31)27(32)29(24)16-15-28(7-2)8-3/h9-14,17,24,30H,6-8,15-16H2,1-5H3/b25-23+. The van der Waals surface area contributed by atoms with Crippen LogP contribution in [0.1, 0.15) is 43.5 Å². The maximum Gasteiger partial charge on any atom is 0.295 e. The molecule has 0 spiro atoms. The number of aliphatic hydroxyl groups excluding tert-OH is 1. The molecule has 7 heteroatoms. The van der Waals surface area contributed by atoms with Crippen LogP contribution in [0.2, 0.25) is 0 Å². The van der Waals surface area contributed by atoms with E-state index >= 15 is 0 Å². The molecule has 1 saturated heterocycles. The largest absolute Gasteiger partial charge is 0.507 e. The Balaban J connectivity index is 2.12. The molecule has 0 aromatic heterocycles. The fraction of sp³-hybridized carbons (Fsp3) is 0.407. The SMILES string of the molecule is CCc1ccc(C2/C(=C(\O)c3ccc(OC)c(OC)c3)C(=O)C(=O)N2CCN(CC)CC)cc1. The number of ketones is 1. The first-order valence-corrected chi connectivity index (χ1v) is 11.7. The van der Waals surface area contributed by atoms with Crippen molar-refractivity contribution < 1.29 is 24.2 Å². The molecule has 7 nitrogen and oxygen atoms in total. The first-order valence-electron chi connectivity index (χ1n) is 11.7. The van der Waals surface area contributed by atoms with Crippen LogP contribution in [0, 0.1) is 0 Å². The smallest absolute Gasteiger partial charge is 0.295 e. The van der Waals surface area contributed by atoms with Crippen LogP contribution in [0.5, 0.6) is 11.5 Å². The van der Waals surface area contributed by atoms with Crippen molar-refractivity contribution >= 4 is 17.4 Å². The van der Waals surface area contributed by atoms with E-state index < -0.39 is 17.7 Å². The van der Waals surface area contributed by atoms with E-state index in [9.17, 15) is 14.7 Å². The number of hydrogen-bond acceptors (Lipinski definition) is 6. The number of carbonyl (C=O) groups excluding carboxylic acids is 2. The Hall–Kier alpha value is -3.32. The lowest BCUT2D eigenvalue weighted by atomic mass is 9.94. The molecule has 34 heavy (non-hydrogen) atoms. The van der Waals surface area contributed by atoms with Gasteiger partial charge >= 0.3 is 0 Å². The van der Waals surface area contributed by atoms with Gasteiger partial charge in [0.1, 0.15) is 5.76 Å². The Morgan fingerprint density at radius 2 is 1.62 bits per heavy atom. The number of benzene rings is 2. The van der Waals surface area contributed by atoms with Gasteiger partial charge in [-0.05, 0) is 48.8 Å². The second-order valence-electron chi connectivity index (χ2n) is 8.18. The summed E-state index contributed by atoms with van der Waals surface area (Å²) in [6, 6.07) is 12.1. The summed E-state index contributed by atoms with van der Waals surface area (Å²) in [7, 11) is 3.03. The molecule has 2 aromatic rings. The first kappa shape index (κ1) is 25.3. The highest BCUT2D eigenvalue weighted by molar-refractivity contribution is 6.46. The Morgan fingerprint density at radius 1 is 0.971 bits per heavy atom. The minimum absolute atomic E-state index is 0.0843. The number of likely N-dealkylation sites (N-methyl/N-ethyl adjacent to an activating group) is 1. The summed E-state index contributed by atoms with van der Waals surface area (Å²) in [4.78, 5) is 30.1. The van der Waals surface area contributed by atoms with Gasteiger partial charge in [0.2, 0.25) is 0 Å². The molecule has 1 N–H and O–H groups in total. The zero-order chi connectivity index (χ0) is 24.8. The molecule has 1 aliphatic heterocycles. The van der Waals surface area contributed by atoms with Crippen molar-refractivity contribution in [3.63, 3.8) is 0 Å². The predicted molar refractivity (Wildman–Crippen MR) is 132 cm³/mol. The number of Topliss-reactive ketones (excluding diaryl/α,β-unsaturated/α-hetero) is 1. The van der Waals surface area contributed by atoms with Gasteiger partial charge in [0, 0.05) is 18.7 Å². The molecule has 0 bridgehead atoms. The molecule has 1 unspecified atom stereocenters.